The van der Waals surface area contributed by atoms with Crippen molar-refractivity contribution >= 4 is 24.4 Å². The zero-order valence-corrected chi connectivity index (χ0v) is 12.4. The van der Waals surface area contributed by atoms with Crippen molar-refractivity contribution in [2.45, 2.75) is 49.4 Å². The van der Waals surface area contributed by atoms with E-state index in [9.17, 15) is 0 Å². The zero-order valence-electron chi connectivity index (χ0n) is 10.7. The van der Waals surface area contributed by atoms with Crippen LogP contribution >= 0.6 is 24.4 Å². The molecular formula is C14H22S2. The summed E-state index contributed by atoms with van der Waals surface area (Å²) in [6.45, 7) is 8.97. The standard InChI is InChI=1S/C14H22S2/c1-13(2,15)11-14(3,4)16-10-12-8-6-5-7-9-12/h5-9,15H,10-11H2,1-4H3. The van der Waals surface area contributed by atoms with Gasteiger partial charge in [-0.3, -0.25) is 0 Å². The van der Waals surface area contributed by atoms with Gasteiger partial charge in [0.05, 0.1) is 0 Å². The first-order valence-electron chi connectivity index (χ1n) is 5.69. The van der Waals surface area contributed by atoms with Gasteiger partial charge in [-0.1, -0.05) is 58.0 Å². The Balaban J connectivity index is 2.48. The molecule has 1 aromatic carbocycles. The lowest BCUT2D eigenvalue weighted by molar-refractivity contribution is 0.544. The van der Waals surface area contributed by atoms with Gasteiger partial charge >= 0.3 is 0 Å². The number of rotatable bonds is 5. The lowest BCUT2D eigenvalue weighted by atomic mass is 9.99. The third-order valence-corrected chi connectivity index (χ3v) is 3.89. The maximum atomic E-state index is 4.62. The molecule has 0 aromatic heterocycles. The van der Waals surface area contributed by atoms with Gasteiger partial charge in [0.25, 0.3) is 0 Å². The second kappa shape index (κ2) is 5.50. The Kier molecular flexibility index (Phi) is 4.81. The fourth-order valence-electron chi connectivity index (χ4n) is 1.95. The molecule has 0 aliphatic carbocycles. The zero-order chi connectivity index (χ0) is 12.2. The Morgan fingerprint density at radius 2 is 1.62 bits per heavy atom. The summed E-state index contributed by atoms with van der Waals surface area (Å²) >= 11 is 6.62. The summed E-state index contributed by atoms with van der Waals surface area (Å²) in [5.74, 6) is 1.08. The molecule has 0 amide bonds. The molecule has 0 saturated carbocycles. The molecule has 0 N–H and O–H groups in total. The number of thiol groups is 1. The highest BCUT2D eigenvalue weighted by Gasteiger charge is 2.26. The molecule has 0 aliphatic rings. The molecule has 0 spiro atoms. The van der Waals surface area contributed by atoms with Crippen LogP contribution in [0.3, 0.4) is 0 Å². The van der Waals surface area contributed by atoms with E-state index in [0.29, 0.717) is 0 Å². The van der Waals surface area contributed by atoms with Crippen LogP contribution in [0.2, 0.25) is 0 Å². The van der Waals surface area contributed by atoms with Crippen LogP contribution in [0.25, 0.3) is 0 Å². The van der Waals surface area contributed by atoms with Crippen molar-refractivity contribution in [3.8, 4) is 0 Å². The first-order valence-corrected chi connectivity index (χ1v) is 7.12. The highest BCUT2D eigenvalue weighted by Crippen LogP contribution is 2.37. The van der Waals surface area contributed by atoms with Crippen molar-refractivity contribution in [2.24, 2.45) is 0 Å². The molecule has 1 rings (SSSR count). The minimum Gasteiger partial charge on any atom is -0.173 e. The highest BCUT2D eigenvalue weighted by atomic mass is 32.2. The summed E-state index contributed by atoms with van der Waals surface area (Å²) in [5.41, 5.74) is 1.40. The molecule has 0 atom stereocenters. The van der Waals surface area contributed by atoms with Crippen LogP contribution < -0.4 is 0 Å². The molecule has 0 radical (unpaired) electrons. The highest BCUT2D eigenvalue weighted by molar-refractivity contribution is 7.99. The fourth-order valence-corrected chi connectivity index (χ4v) is 3.66. The van der Waals surface area contributed by atoms with E-state index in [1.807, 2.05) is 11.8 Å². The van der Waals surface area contributed by atoms with Crippen LogP contribution in [-0.2, 0) is 5.75 Å². The van der Waals surface area contributed by atoms with Crippen LogP contribution in [0.15, 0.2) is 30.3 Å². The molecule has 90 valence electrons. The summed E-state index contributed by atoms with van der Waals surface area (Å²) in [7, 11) is 0. The number of hydrogen-bond acceptors (Lipinski definition) is 2. The smallest absolute Gasteiger partial charge is 0.0189 e. The van der Waals surface area contributed by atoms with Gasteiger partial charge in [0, 0.05) is 15.2 Å². The summed E-state index contributed by atoms with van der Waals surface area (Å²) in [6, 6.07) is 10.6. The number of hydrogen-bond donors (Lipinski definition) is 1. The summed E-state index contributed by atoms with van der Waals surface area (Å²) in [6.07, 6.45) is 1.11. The van der Waals surface area contributed by atoms with E-state index in [-0.39, 0.29) is 9.49 Å². The van der Waals surface area contributed by atoms with Crippen LogP contribution in [0, 0.1) is 0 Å². The Hall–Kier alpha value is -0.0800. The summed E-state index contributed by atoms with van der Waals surface area (Å²) < 4.78 is 0.383. The van der Waals surface area contributed by atoms with E-state index in [1.54, 1.807) is 0 Å². The van der Waals surface area contributed by atoms with Crippen molar-refractivity contribution in [3.63, 3.8) is 0 Å². The Morgan fingerprint density at radius 3 is 2.12 bits per heavy atom. The topological polar surface area (TPSA) is 0 Å². The Labute approximate surface area is 110 Å². The SMILES string of the molecule is CC(C)(S)CC(C)(C)SCc1ccccc1. The van der Waals surface area contributed by atoms with Gasteiger partial charge in [-0.15, -0.1) is 0 Å². The van der Waals surface area contributed by atoms with E-state index >= 15 is 0 Å². The van der Waals surface area contributed by atoms with Crippen molar-refractivity contribution in [1.29, 1.82) is 0 Å². The van der Waals surface area contributed by atoms with Crippen LogP contribution in [0.4, 0.5) is 0 Å². The molecule has 0 aliphatic heterocycles. The van der Waals surface area contributed by atoms with E-state index in [4.69, 9.17) is 0 Å². The Bertz CT molecular complexity index is 309. The predicted molar refractivity (Wildman–Crippen MR) is 79.5 cm³/mol. The molecule has 0 saturated heterocycles. The van der Waals surface area contributed by atoms with Crippen molar-refractivity contribution in [3.05, 3.63) is 35.9 Å². The second-order valence-electron chi connectivity index (χ2n) is 5.52. The maximum absolute atomic E-state index is 4.62. The first kappa shape index (κ1) is 14.0. The molecule has 0 fully saturated rings. The first-order chi connectivity index (χ1) is 7.29. The van der Waals surface area contributed by atoms with E-state index < -0.39 is 0 Å². The van der Waals surface area contributed by atoms with Gasteiger partial charge in [-0.2, -0.15) is 24.4 Å². The predicted octanol–water partition coefficient (Wildman–Crippen LogP) is 4.80. The molecule has 0 nitrogen and oxygen atoms in total. The van der Waals surface area contributed by atoms with Gasteiger partial charge in [-0.05, 0) is 12.0 Å². The average molecular weight is 254 g/mol. The fraction of sp³-hybridized carbons (Fsp3) is 0.571. The van der Waals surface area contributed by atoms with Gasteiger partial charge < -0.3 is 0 Å². The van der Waals surface area contributed by atoms with Crippen molar-refractivity contribution < 1.29 is 0 Å². The maximum Gasteiger partial charge on any atom is 0.0189 e. The van der Waals surface area contributed by atoms with Crippen LogP contribution in [0.1, 0.15) is 39.7 Å². The third-order valence-electron chi connectivity index (χ3n) is 2.33. The lowest BCUT2D eigenvalue weighted by Crippen LogP contribution is -2.26. The monoisotopic (exact) mass is 254 g/mol. The van der Waals surface area contributed by atoms with E-state index in [0.717, 1.165) is 12.2 Å². The third kappa shape index (κ3) is 5.86. The normalized spacial score (nSPS) is 12.8. The molecular weight excluding hydrogens is 232 g/mol. The molecule has 0 unspecified atom stereocenters. The summed E-state index contributed by atoms with van der Waals surface area (Å²) in [5, 5.41) is 0. The average Bonchev–Trinajstić information content (AvgIpc) is 2.13. The van der Waals surface area contributed by atoms with Gasteiger partial charge in [0.2, 0.25) is 0 Å². The lowest BCUT2D eigenvalue weighted by Gasteiger charge is -2.31. The molecule has 0 bridgehead atoms. The largest absolute Gasteiger partial charge is 0.173 e. The summed E-state index contributed by atoms with van der Waals surface area (Å²) in [4.78, 5) is 0. The molecule has 16 heavy (non-hydrogen) atoms. The van der Waals surface area contributed by atoms with Crippen LogP contribution in [-0.4, -0.2) is 9.49 Å². The van der Waals surface area contributed by atoms with Gasteiger partial charge in [0.15, 0.2) is 0 Å². The quantitative estimate of drug-likeness (QED) is 0.737. The van der Waals surface area contributed by atoms with Crippen molar-refractivity contribution in [2.75, 3.05) is 0 Å². The second-order valence-corrected chi connectivity index (χ2v) is 8.42. The minimum atomic E-state index is 0.104. The number of benzene rings is 1. The number of thioether (sulfide) groups is 1. The molecule has 0 heterocycles. The molecule has 2 heteroatoms. The van der Waals surface area contributed by atoms with Gasteiger partial charge in [-0.25, -0.2) is 0 Å². The van der Waals surface area contributed by atoms with E-state index in [2.05, 4.69) is 70.7 Å². The Morgan fingerprint density at radius 1 is 1.06 bits per heavy atom. The molecule has 1 aromatic rings. The van der Waals surface area contributed by atoms with Gasteiger partial charge in [0.1, 0.15) is 0 Å². The minimum absolute atomic E-state index is 0.104. The van der Waals surface area contributed by atoms with E-state index in [1.165, 1.54) is 5.56 Å². The van der Waals surface area contributed by atoms with Crippen molar-refractivity contribution in [1.82, 2.24) is 0 Å². The van der Waals surface area contributed by atoms with Crippen LogP contribution in [0.5, 0.6) is 0 Å².